The summed E-state index contributed by atoms with van der Waals surface area (Å²) >= 11 is 0. The van der Waals surface area contributed by atoms with Gasteiger partial charge in [0.05, 0.1) is 19.1 Å². The molecule has 1 aromatic carbocycles. The lowest BCUT2D eigenvalue weighted by Crippen LogP contribution is -2.38. The molecular weight excluding hydrogens is 268 g/mol. The largest absolute Gasteiger partial charge is 0.435 e. The van der Waals surface area contributed by atoms with Crippen LogP contribution in [0.2, 0.25) is 0 Å². The summed E-state index contributed by atoms with van der Waals surface area (Å²) in [6, 6.07) is 5.94. The second-order valence-corrected chi connectivity index (χ2v) is 4.76. The monoisotopic (exact) mass is 285 g/mol. The molecule has 0 bridgehead atoms. The van der Waals surface area contributed by atoms with Gasteiger partial charge in [-0.3, -0.25) is 4.79 Å². The molecule has 1 atom stereocenters. The van der Waals surface area contributed by atoms with Crippen LogP contribution in [0.15, 0.2) is 24.3 Å². The van der Waals surface area contributed by atoms with E-state index in [1.165, 1.54) is 12.1 Å². The van der Waals surface area contributed by atoms with Gasteiger partial charge in [0.1, 0.15) is 5.75 Å². The molecule has 0 spiro atoms. The van der Waals surface area contributed by atoms with Crippen LogP contribution in [0, 0.1) is 0 Å². The molecule has 6 heteroatoms. The number of halogens is 2. The molecular formula is C14H17F2NO3. The van der Waals surface area contributed by atoms with Crippen molar-refractivity contribution in [2.45, 2.75) is 31.9 Å². The zero-order chi connectivity index (χ0) is 14.5. The molecule has 110 valence electrons. The van der Waals surface area contributed by atoms with Crippen LogP contribution in [0.1, 0.15) is 18.4 Å². The summed E-state index contributed by atoms with van der Waals surface area (Å²) < 4.78 is 28.3. The third kappa shape index (κ3) is 3.66. The highest BCUT2D eigenvalue weighted by Gasteiger charge is 2.27. The summed E-state index contributed by atoms with van der Waals surface area (Å²) in [4.78, 5) is 13.8. The first-order valence-electron chi connectivity index (χ1n) is 6.54. The SMILES string of the molecule is O=C(Cc1ccc(OC(F)F)cc1)N1CCCC1CO. The molecule has 0 aromatic heterocycles. The summed E-state index contributed by atoms with van der Waals surface area (Å²) in [6.45, 7) is -2.21. The molecule has 1 aromatic rings. The third-order valence-corrected chi connectivity index (χ3v) is 3.41. The second-order valence-electron chi connectivity index (χ2n) is 4.76. The smallest absolute Gasteiger partial charge is 0.387 e. The van der Waals surface area contributed by atoms with E-state index in [2.05, 4.69) is 4.74 Å². The Morgan fingerprint density at radius 3 is 2.70 bits per heavy atom. The van der Waals surface area contributed by atoms with Crippen molar-refractivity contribution in [3.63, 3.8) is 0 Å². The van der Waals surface area contributed by atoms with Crippen LogP contribution in [0.4, 0.5) is 8.78 Å². The number of hydrogen-bond acceptors (Lipinski definition) is 3. The van der Waals surface area contributed by atoms with Gasteiger partial charge in [-0.15, -0.1) is 0 Å². The van der Waals surface area contributed by atoms with Crippen molar-refractivity contribution in [2.75, 3.05) is 13.2 Å². The molecule has 1 N–H and O–H groups in total. The number of likely N-dealkylation sites (tertiary alicyclic amines) is 1. The van der Waals surface area contributed by atoms with E-state index < -0.39 is 6.61 Å². The lowest BCUT2D eigenvalue weighted by molar-refractivity contribution is -0.132. The molecule has 1 unspecified atom stereocenters. The average molecular weight is 285 g/mol. The normalized spacial score (nSPS) is 18.6. The quantitative estimate of drug-likeness (QED) is 0.897. The third-order valence-electron chi connectivity index (χ3n) is 3.41. The van der Waals surface area contributed by atoms with Crippen molar-refractivity contribution in [1.29, 1.82) is 0 Å². The van der Waals surface area contributed by atoms with E-state index in [-0.39, 0.29) is 30.7 Å². The Kier molecular flexibility index (Phi) is 4.89. The topological polar surface area (TPSA) is 49.8 Å². The summed E-state index contributed by atoms with van der Waals surface area (Å²) in [5.74, 6) is 0.0229. The molecule has 1 heterocycles. The highest BCUT2D eigenvalue weighted by atomic mass is 19.3. The van der Waals surface area contributed by atoms with Crippen molar-refractivity contribution in [1.82, 2.24) is 4.90 Å². The van der Waals surface area contributed by atoms with Gasteiger partial charge in [0.25, 0.3) is 0 Å². The number of aliphatic hydroxyl groups excluding tert-OH is 1. The Balaban J connectivity index is 1.94. The fraction of sp³-hybridized carbons (Fsp3) is 0.500. The number of carbonyl (C=O) groups is 1. The summed E-state index contributed by atoms with van der Waals surface area (Å²) in [5, 5.41) is 9.19. The van der Waals surface area contributed by atoms with Crippen LogP contribution >= 0.6 is 0 Å². The van der Waals surface area contributed by atoms with Crippen LogP contribution in [-0.4, -0.2) is 41.7 Å². The average Bonchev–Trinajstić information content (AvgIpc) is 2.89. The summed E-state index contributed by atoms with van der Waals surface area (Å²) in [7, 11) is 0. The van der Waals surface area contributed by atoms with Gasteiger partial charge in [0.2, 0.25) is 5.91 Å². The maximum absolute atomic E-state index is 12.1. The molecule has 1 fully saturated rings. The van der Waals surface area contributed by atoms with E-state index in [1.807, 2.05) is 0 Å². The van der Waals surface area contributed by atoms with Gasteiger partial charge in [-0.25, -0.2) is 0 Å². The minimum Gasteiger partial charge on any atom is -0.435 e. The predicted molar refractivity (Wildman–Crippen MR) is 68.6 cm³/mol. The molecule has 0 radical (unpaired) electrons. The van der Waals surface area contributed by atoms with Gasteiger partial charge < -0.3 is 14.7 Å². The van der Waals surface area contributed by atoms with E-state index in [0.717, 1.165) is 18.4 Å². The minimum absolute atomic E-state index is 0.0209. The van der Waals surface area contributed by atoms with Crippen molar-refractivity contribution in [3.05, 3.63) is 29.8 Å². The molecule has 1 amide bonds. The lowest BCUT2D eigenvalue weighted by Gasteiger charge is -2.23. The maximum Gasteiger partial charge on any atom is 0.387 e. The van der Waals surface area contributed by atoms with Crippen LogP contribution in [0.3, 0.4) is 0 Å². The number of amides is 1. The first-order chi connectivity index (χ1) is 9.60. The molecule has 1 saturated heterocycles. The standard InChI is InChI=1S/C14H17F2NO3/c15-14(16)20-12-5-3-10(4-6-12)8-13(19)17-7-1-2-11(17)9-18/h3-6,11,14,18H,1-2,7-9H2. The molecule has 4 nitrogen and oxygen atoms in total. The molecule has 20 heavy (non-hydrogen) atoms. The van der Waals surface area contributed by atoms with E-state index in [4.69, 9.17) is 0 Å². The second kappa shape index (κ2) is 6.65. The Labute approximate surface area is 116 Å². The fourth-order valence-corrected chi connectivity index (χ4v) is 2.42. The summed E-state index contributed by atoms with van der Waals surface area (Å²) in [6.07, 6.45) is 1.92. The number of carbonyl (C=O) groups excluding carboxylic acids is 1. The van der Waals surface area contributed by atoms with Crippen LogP contribution < -0.4 is 4.74 Å². The molecule has 2 rings (SSSR count). The van der Waals surface area contributed by atoms with E-state index in [0.29, 0.717) is 6.54 Å². The minimum atomic E-state index is -2.85. The number of rotatable bonds is 5. The maximum atomic E-state index is 12.1. The van der Waals surface area contributed by atoms with Crippen molar-refractivity contribution < 1.29 is 23.4 Å². The Morgan fingerprint density at radius 2 is 2.10 bits per heavy atom. The molecule has 0 aliphatic carbocycles. The van der Waals surface area contributed by atoms with Crippen molar-refractivity contribution >= 4 is 5.91 Å². The van der Waals surface area contributed by atoms with Crippen LogP contribution in [-0.2, 0) is 11.2 Å². The van der Waals surface area contributed by atoms with Gasteiger partial charge in [0, 0.05) is 6.54 Å². The first-order valence-corrected chi connectivity index (χ1v) is 6.54. The van der Waals surface area contributed by atoms with Gasteiger partial charge in [-0.2, -0.15) is 8.78 Å². The van der Waals surface area contributed by atoms with Gasteiger partial charge >= 0.3 is 6.61 Å². The van der Waals surface area contributed by atoms with Gasteiger partial charge in [-0.1, -0.05) is 12.1 Å². The van der Waals surface area contributed by atoms with Crippen molar-refractivity contribution in [2.24, 2.45) is 0 Å². The molecule has 0 saturated carbocycles. The van der Waals surface area contributed by atoms with E-state index in [9.17, 15) is 18.7 Å². The van der Waals surface area contributed by atoms with E-state index >= 15 is 0 Å². The number of benzene rings is 1. The van der Waals surface area contributed by atoms with Gasteiger partial charge in [-0.05, 0) is 30.5 Å². The van der Waals surface area contributed by atoms with E-state index in [1.54, 1.807) is 17.0 Å². The fourth-order valence-electron chi connectivity index (χ4n) is 2.42. The summed E-state index contributed by atoms with van der Waals surface area (Å²) in [5.41, 5.74) is 0.736. The zero-order valence-electron chi connectivity index (χ0n) is 11.0. The van der Waals surface area contributed by atoms with Crippen molar-refractivity contribution in [3.8, 4) is 5.75 Å². The number of aliphatic hydroxyl groups is 1. The van der Waals surface area contributed by atoms with Gasteiger partial charge in [0.15, 0.2) is 0 Å². The first kappa shape index (κ1) is 14.7. The molecule has 1 aliphatic heterocycles. The zero-order valence-corrected chi connectivity index (χ0v) is 11.0. The number of hydrogen-bond donors (Lipinski definition) is 1. The number of ether oxygens (including phenoxy) is 1. The number of alkyl halides is 2. The predicted octanol–water partition coefficient (Wildman–Crippen LogP) is 1.81. The Hall–Kier alpha value is -1.69. The van der Waals surface area contributed by atoms with Crippen LogP contribution in [0.25, 0.3) is 0 Å². The Morgan fingerprint density at radius 1 is 1.40 bits per heavy atom. The number of nitrogens with zero attached hydrogens (tertiary/aromatic N) is 1. The lowest BCUT2D eigenvalue weighted by atomic mass is 10.1. The Bertz CT molecular complexity index is 450. The van der Waals surface area contributed by atoms with Crippen LogP contribution in [0.5, 0.6) is 5.75 Å². The highest BCUT2D eigenvalue weighted by molar-refractivity contribution is 5.79. The highest BCUT2D eigenvalue weighted by Crippen LogP contribution is 2.19. The molecule has 1 aliphatic rings.